The van der Waals surface area contributed by atoms with Gasteiger partial charge in [-0.1, -0.05) is 0 Å². The Labute approximate surface area is 173 Å². The molecule has 2 aromatic rings. The number of nitrogens with zero attached hydrogens (tertiary/aromatic N) is 1. The van der Waals surface area contributed by atoms with Crippen LogP contribution in [0.25, 0.3) is 6.08 Å². The van der Waals surface area contributed by atoms with E-state index in [0.717, 1.165) is 17.0 Å². The summed E-state index contributed by atoms with van der Waals surface area (Å²) in [6, 6.07) is 7.19. The van der Waals surface area contributed by atoms with E-state index in [1.165, 1.54) is 32.4 Å². The van der Waals surface area contributed by atoms with Gasteiger partial charge in [0.25, 0.3) is 11.8 Å². The standard InChI is InChI=1S/C19H14FIN2O5/c1-27-15-9-10(8-14(21)16(15)28-2)7-13-17(24)22-19(26)23(18(13)25)12-5-3-11(20)4-6-12/h3-9H,1-2H3,(H,22,24,26)/b13-7+. The van der Waals surface area contributed by atoms with Crippen LogP contribution in [0.5, 0.6) is 11.5 Å². The number of rotatable bonds is 4. The van der Waals surface area contributed by atoms with Gasteiger partial charge in [0.15, 0.2) is 11.5 Å². The fourth-order valence-corrected chi connectivity index (χ4v) is 3.52. The van der Waals surface area contributed by atoms with Crippen molar-refractivity contribution in [1.29, 1.82) is 0 Å². The van der Waals surface area contributed by atoms with Crippen LogP contribution in [0, 0.1) is 9.39 Å². The van der Waals surface area contributed by atoms with E-state index in [-0.39, 0.29) is 11.3 Å². The van der Waals surface area contributed by atoms with Gasteiger partial charge in [0.05, 0.1) is 23.5 Å². The Hall–Kier alpha value is -2.95. The van der Waals surface area contributed by atoms with Crippen LogP contribution in [0.1, 0.15) is 5.56 Å². The van der Waals surface area contributed by atoms with Crippen molar-refractivity contribution < 1.29 is 28.2 Å². The van der Waals surface area contributed by atoms with Gasteiger partial charge in [0.1, 0.15) is 11.4 Å². The first-order valence-electron chi connectivity index (χ1n) is 7.94. The Bertz CT molecular complexity index is 1000. The van der Waals surface area contributed by atoms with E-state index in [4.69, 9.17) is 9.47 Å². The Balaban J connectivity index is 2.04. The van der Waals surface area contributed by atoms with Crippen molar-refractivity contribution in [3.05, 3.63) is 56.9 Å². The van der Waals surface area contributed by atoms with Gasteiger partial charge in [-0.2, -0.15) is 0 Å². The summed E-state index contributed by atoms with van der Waals surface area (Å²) in [5.74, 6) is -1.20. The van der Waals surface area contributed by atoms with Crippen molar-refractivity contribution in [2.45, 2.75) is 0 Å². The summed E-state index contributed by atoms with van der Waals surface area (Å²) in [4.78, 5) is 38.0. The Morgan fingerprint density at radius 2 is 1.75 bits per heavy atom. The van der Waals surface area contributed by atoms with E-state index in [9.17, 15) is 18.8 Å². The second kappa shape index (κ2) is 7.97. The zero-order chi connectivity index (χ0) is 20.4. The molecule has 4 amide bonds. The number of urea groups is 1. The van der Waals surface area contributed by atoms with Crippen LogP contribution in [0.3, 0.4) is 0 Å². The maximum Gasteiger partial charge on any atom is 0.335 e. The summed E-state index contributed by atoms with van der Waals surface area (Å²) in [5, 5.41) is 2.12. The number of halogens is 2. The second-order valence-electron chi connectivity index (χ2n) is 5.67. The molecule has 1 aliphatic rings. The number of carbonyl (C=O) groups excluding carboxylic acids is 3. The first-order chi connectivity index (χ1) is 13.3. The number of benzene rings is 2. The number of hydrogen-bond acceptors (Lipinski definition) is 5. The molecule has 1 fully saturated rings. The molecule has 1 saturated heterocycles. The molecular weight excluding hydrogens is 482 g/mol. The normalized spacial score (nSPS) is 15.6. The predicted molar refractivity (Wildman–Crippen MR) is 108 cm³/mol. The third-order valence-corrected chi connectivity index (χ3v) is 4.75. The van der Waals surface area contributed by atoms with E-state index < -0.39 is 23.7 Å². The molecule has 9 heteroatoms. The van der Waals surface area contributed by atoms with Crippen LogP contribution in [0.4, 0.5) is 14.9 Å². The zero-order valence-electron chi connectivity index (χ0n) is 14.8. The third kappa shape index (κ3) is 3.70. The highest BCUT2D eigenvalue weighted by Gasteiger charge is 2.36. The monoisotopic (exact) mass is 496 g/mol. The van der Waals surface area contributed by atoms with Crippen LogP contribution < -0.4 is 19.7 Å². The molecular formula is C19H14FIN2O5. The number of imide groups is 2. The van der Waals surface area contributed by atoms with E-state index >= 15 is 0 Å². The molecule has 1 heterocycles. The highest BCUT2D eigenvalue weighted by molar-refractivity contribution is 14.1. The number of ether oxygens (including phenoxy) is 2. The zero-order valence-corrected chi connectivity index (χ0v) is 16.9. The molecule has 0 atom stereocenters. The third-order valence-electron chi connectivity index (χ3n) is 3.95. The lowest BCUT2D eigenvalue weighted by Crippen LogP contribution is -2.54. The number of carbonyl (C=O) groups is 3. The largest absolute Gasteiger partial charge is 0.493 e. The smallest absolute Gasteiger partial charge is 0.335 e. The minimum Gasteiger partial charge on any atom is -0.493 e. The van der Waals surface area contributed by atoms with Crippen LogP contribution >= 0.6 is 22.6 Å². The van der Waals surface area contributed by atoms with Gasteiger partial charge in [-0.05, 0) is 70.6 Å². The van der Waals surface area contributed by atoms with Gasteiger partial charge in [0, 0.05) is 0 Å². The average Bonchev–Trinajstić information content (AvgIpc) is 2.66. The maximum absolute atomic E-state index is 13.2. The van der Waals surface area contributed by atoms with Crippen molar-refractivity contribution in [2.24, 2.45) is 0 Å². The van der Waals surface area contributed by atoms with Crippen molar-refractivity contribution in [3.63, 3.8) is 0 Å². The van der Waals surface area contributed by atoms with Gasteiger partial charge < -0.3 is 9.47 Å². The molecule has 144 valence electrons. The summed E-state index contributed by atoms with van der Waals surface area (Å²) in [6.45, 7) is 0. The summed E-state index contributed by atoms with van der Waals surface area (Å²) in [5.41, 5.74) is 0.407. The molecule has 28 heavy (non-hydrogen) atoms. The van der Waals surface area contributed by atoms with Gasteiger partial charge in [-0.25, -0.2) is 14.1 Å². The first-order valence-corrected chi connectivity index (χ1v) is 9.02. The fraction of sp³-hybridized carbons (Fsp3) is 0.105. The minimum atomic E-state index is -0.902. The van der Waals surface area contributed by atoms with Crippen molar-refractivity contribution in [1.82, 2.24) is 5.32 Å². The van der Waals surface area contributed by atoms with Crippen LogP contribution in [0.15, 0.2) is 42.0 Å². The Kier molecular flexibility index (Phi) is 5.63. The van der Waals surface area contributed by atoms with Crippen molar-refractivity contribution in [2.75, 3.05) is 19.1 Å². The van der Waals surface area contributed by atoms with Gasteiger partial charge in [-0.15, -0.1) is 0 Å². The molecule has 0 unspecified atom stereocenters. The molecule has 1 N–H and O–H groups in total. The minimum absolute atomic E-state index is 0.143. The number of methoxy groups -OCH3 is 2. The van der Waals surface area contributed by atoms with E-state index in [1.807, 2.05) is 22.6 Å². The first kappa shape index (κ1) is 19.8. The van der Waals surface area contributed by atoms with Crippen LogP contribution in [-0.2, 0) is 9.59 Å². The molecule has 7 nitrogen and oxygen atoms in total. The molecule has 0 saturated carbocycles. The predicted octanol–water partition coefficient (Wildman–Crippen LogP) is 3.11. The van der Waals surface area contributed by atoms with Gasteiger partial charge >= 0.3 is 6.03 Å². The van der Waals surface area contributed by atoms with E-state index in [0.29, 0.717) is 20.6 Å². The van der Waals surface area contributed by atoms with E-state index in [2.05, 4.69) is 5.32 Å². The fourth-order valence-electron chi connectivity index (χ4n) is 2.67. The second-order valence-corrected chi connectivity index (χ2v) is 6.83. The summed E-state index contributed by atoms with van der Waals surface area (Å²) >= 11 is 2.04. The molecule has 0 spiro atoms. The van der Waals surface area contributed by atoms with Gasteiger partial charge in [-0.3, -0.25) is 14.9 Å². The SMILES string of the molecule is COc1cc(/C=C2\C(=O)NC(=O)N(c3ccc(F)cc3)C2=O)cc(I)c1OC. The lowest BCUT2D eigenvalue weighted by Gasteiger charge is -2.26. The number of hydrogen-bond donors (Lipinski definition) is 1. The molecule has 3 rings (SSSR count). The quantitative estimate of drug-likeness (QED) is 0.400. The van der Waals surface area contributed by atoms with Crippen LogP contribution in [-0.4, -0.2) is 32.1 Å². The molecule has 1 aliphatic heterocycles. The van der Waals surface area contributed by atoms with Crippen LogP contribution in [0.2, 0.25) is 0 Å². The highest BCUT2D eigenvalue weighted by Crippen LogP contribution is 2.34. The molecule has 0 bridgehead atoms. The molecule has 0 aromatic heterocycles. The Morgan fingerprint density at radius 3 is 2.36 bits per heavy atom. The van der Waals surface area contributed by atoms with Crippen molar-refractivity contribution in [3.8, 4) is 11.5 Å². The molecule has 0 aliphatic carbocycles. The highest BCUT2D eigenvalue weighted by atomic mass is 127. The number of nitrogens with one attached hydrogen (secondary N) is 1. The van der Waals surface area contributed by atoms with E-state index in [1.54, 1.807) is 12.1 Å². The lowest BCUT2D eigenvalue weighted by molar-refractivity contribution is -0.122. The van der Waals surface area contributed by atoms with Gasteiger partial charge in [0.2, 0.25) is 0 Å². The maximum atomic E-state index is 13.2. The molecule has 2 aromatic carbocycles. The number of anilines is 1. The number of barbiturate groups is 1. The Morgan fingerprint density at radius 1 is 1.07 bits per heavy atom. The summed E-state index contributed by atoms with van der Waals surface area (Å²) in [7, 11) is 2.97. The number of amides is 4. The van der Waals surface area contributed by atoms with Crippen molar-refractivity contribution >= 4 is 52.2 Å². The summed E-state index contributed by atoms with van der Waals surface area (Å²) < 4.78 is 24.4. The summed E-state index contributed by atoms with van der Waals surface area (Å²) in [6.07, 6.45) is 1.35. The lowest BCUT2D eigenvalue weighted by atomic mass is 10.1. The topological polar surface area (TPSA) is 84.9 Å². The average molecular weight is 496 g/mol. The molecule has 0 radical (unpaired) electrons.